The van der Waals surface area contributed by atoms with Crippen LogP contribution in [0.2, 0.25) is 0 Å². The van der Waals surface area contributed by atoms with E-state index in [0.717, 1.165) is 27.7 Å². The largest absolute Gasteiger partial charge is 0.342 e. The number of aromatic nitrogens is 4. The summed E-state index contributed by atoms with van der Waals surface area (Å²) >= 11 is 0. The van der Waals surface area contributed by atoms with Gasteiger partial charge in [0.15, 0.2) is 5.25 Å². The Balaban J connectivity index is 1.79. The van der Waals surface area contributed by atoms with Gasteiger partial charge in [-0.25, -0.2) is 9.97 Å². The molecule has 0 aliphatic carbocycles. The molecule has 8 heteroatoms. The van der Waals surface area contributed by atoms with E-state index in [1.807, 2.05) is 50.2 Å². The molecule has 2 heterocycles. The average Bonchev–Trinajstić information content (AvgIpc) is 3.16. The smallest absolute Gasteiger partial charge is 0.275 e. The highest BCUT2D eigenvalue weighted by atomic mass is 32.2. The van der Waals surface area contributed by atoms with Gasteiger partial charge in [0.2, 0.25) is 0 Å². The van der Waals surface area contributed by atoms with Crippen LogP contribution in [0.25, 0.3) is 22.1 Å². The van der Waals surface area contributed by atoms with Gasteiger partial charge in [-0.05, 0) is 37.1 Å². The van der Waals surface area contributed by atoms with E-state index >= 15 is 0 Å². The zero-order valence-electron chi connectivity index (χ0n) is 14.3. The van der Waals surface area contributed by atoms with Gasteiger partial charge in [0.05, 0.1) is 22.1 Å². The fourth-order valence-electron chi connectivity index (χ4n) is 3.19. The number of rotatable bonds is 4. The monoisotopic (exact) mass is 370 g/mol. The first-order valence-corrected chi connectivity index (χ1v) is 9.69. The lowest BCUT2D eigenvalue weighted by atomic mass is 10.2. The first kappa shape index (κ1) is 16.7. The molecule has 0 fully saturated rings. The molecule has 0 amide bonds. The number of imidazole rings is 2. The van der Waals surface area contributed by atoms with Crippen molar-refractivity contribution in [3.63, 3.8) is 0 Å². The molecule has 7 nitrogen and oxygen atoms in total. The van der Waals surface area contributed by atoms with Gasteiger partial charge in [-0.1, -0.05) is 24.3 Å². The van der Waals surface area contributed by atoms with Gasteiger partial charge in [-0.2, -0.15) is 8.42 Å². The molecule has 2 aromatic carbocycles. The van der Waals surface area contributed by atoms with Crippen LogP contribution >= 0.6 is 0 Å². The first-order valence-electron chi connectivity index (χ1n) is 8.18. The van der Waals surface area contributed by atoms with Crippen molar-refractivity contribution in [1.82, 2.24) is 19.9 Å². The number of aryl methyl sites for hydroxylation is 2. The average molecular weight is 370 g/mol. The second kappa shape index (κ2) is 5.93. The molecule has 0 bridgehead atoms. The first-order chi connectivity index (χ1) is 12.3. The van der Waals surface area contributed by atoms with Gasteiger partial charge in [0.1, 0.15) is 11.6 Å². The molecule has 134 valence electrons. The third-order valence-electron chi connectivity index (χ3n) is 4.54. The predicted molar refractivity (Wildman–Crippen MR) is 99.7 cm³/mol. The molecule has 0 saturated heterocycles. The molecule has 0 saturated carbocycles. The van der Waals surface area contributed by atoms with Crippen LogP contribution < -0.4 is 0 Å². The van der Waals surface area contributed by atoms with Crippen molar-refractivity contribution in [3.05, 3.63) is 59.2 Å². The fourth-order valence-corrected chi connectivity index (χ4v) is 3.95. The van der Waals surface area contributed by atoms with Crippen molar-refractivity contribution in [2.24, 2.45) is 0 Å². The van der Waals surface area contributed by atoms with Gasteiger partial charge < -0.3 is 9.97 Å². The minimum Gasteiger partial charge on any atom is -0.342 e. The number of para-hydroxylation sites is 2. The Morgan fingerprint density at radius 3 is 2.08 bits per heavy atom. The Labute approximate surface area is 150 Å². The highest BCUT2D eigenvalue weighted by Gasteiger charge is 2.30. The molecule has 0 aliphatic rings. The van der Waals surface area contributed by atoms with Gasteiger partial charge >= 0.3 is 0 Å². The lowest BCUT2D eigenvalue weighted by molar-refractivity contribution is 0.464. The van der Waals surface area contributed by atoms with Crippen LogP contribution in [0.15, 0.2) is 36.4 Å². The predicted octanol–water partition coefficient (Wildman–Crippen LogP) is 3.23. The van der Waals surface area contributed by atoms with Crippen LogP contribution in [-0.4, -0.2) is 32.9 Å². The Kier molecular flexibility index (Phi) is 3.82. The zero-order chi connectivity index (χ0) is 18.5. The van der Waals surface area contributed by atoms with Gasteiger partial charge in [0.25, 0.3) is 10.1 Å². The van der Waals surface area contributed by atoms with Crippen molar-refractivity contribution in [3.8, 4) is 0 Å². The number of hydrogen-bond donors (Lipinski definition) is 3. The summed E-state index contributed by atoms with van der Waals surface area (Å²) in [6.07, 6.45) is -0.00811. The maximum Gasteiger partial charge on any atom is 0.275 e. The molecular weight excluding hydrogens is 352 g/mol. The second-order valence-corrected chi connectivity index (χ2v) is 8.05. The molecule has 0 spiro atoms. The third kappa shape index (κ3) is 2.87. The highest BCUT2D eigenvalue weighted by Crippen LogP contribution is 2.27. The highest BCUT2D eigenvalue weighted by molar-refractivity contribution is 7.86. The van der Waals surface area contributed by atoms with E-state index in [2.05, 4.69) is 19.9 Å². The Hall–Kier alpha value is -2.71. The summed E-state index contributed by atoms with van der Waals surface area (Å²) in [5.41, 5.74) is 4.96. The number of hydrogen-bond acceptors (Lipinski definition) is 4. The van der Waals surface area contributed by atoms with Crippen LogP contribution in [-0.2, 0) is 16.5 Å². The molecule has 3 N–H and O–H groups in total. The molecule has 0 radical (unpaired) electrons. The Bertz CT molecular complexity index is 1220. The van der Waals surface area contributed by atoms with Crippen molar-refractivity contribution < 1.29 is 13.0 Å². The molecule has 4 rings (SSSR count). The quantitative estimate of drug-likeness (QED) is 0.478. The van der Waals surface area contributed by atoms with Gasteiger partial charge in [-0.15, -0.1) is 0 Å². The molecule has 0 aliphatic heterocycles. The van der Waals surface area contributed by atoms with Crippen LogP contribution in [0.1, 0.15) is 28.0 Å². The summed E-state index contributed by atoms with van der Waals surface area (Å²) in [5.74, 6) is 0.683. The fraction of sp³-hybridized carbons (Fsp3) is 0.222. The number of fused-ring (bicyclic) bond motifs is 2. The SMILES string of the molecule is Cc1cccc2[nH]c(CC(c3nc4c(C)cccc4[nH]3)S(=O)(=O)O)nc12. The lowest BCUT2D eigenvalue weighted by Gasteiger charge is -2.09. The van der Waals surface area contributed by atoms with E-state index in [9.17, 15) is 13.0 Å². The van der Waals surface area contributed by atoms with Gasteiger partial charge in [0, 0.05) is 6.42 Å². The Morgan fingerprint density at radius 2 is 1.54 bits per heavy atom. The summed E-state index contributed by atoms with van der Waals surface area (Å²) in [5, 5.41) is -1.23. The minimum absolute atomic E-state index is 0.00811. The molecule has 4 aromatic rings. The van der Waals surface area contributed by atoms with Crippen molar-refractivity contribution in [1.29, 1.82) is 0 Å². The van der Waals surface area contributed by atoms with Crippen molar-refractivity contribution in [2.75, 3.05) is 0 Å². The molecular formula is C18H18N4O3S. The van der Waals surface area contributed by atoms with Crippen LogP contribution in [0.4, 0.5) is 0 Å². The molecule has 2 aromatic heterocycles. The maximum absolute atomic E-state index is 12.0. The summed E-state index contributed by atoms with van der Waals surface area (Å²) in [6, 6.07) is 11.3. The van der Waals surface area contributed by atoms with Crippen LogP contribution in [0, 0.1) is 13.8 Å². The maximum atomic E-state index is 12.0. The zero-order valence-corrected chi connectivity index (χ0v) is 15.1. The minimum atomic E-state index is -4.38. The summed E-state index contributed by atoms with van der Waals surface area (Å²) in [6.45, 7) is 3.84. The van der Waals surface area contributed by atoms with Gasteiger partial charge in [-0.3, -0.25) is 4.55 Å². The lowest BCUT2D eigenvalue weighted by Crippen LogP contribution is -2.17. The molecule has 26 heavy (non-hydrogen) atoms. The summed E-state index contributed by atoms with van der Waals surface area (Å²) < 4.78 is 33.9. The van der Waals surface area contributed by atoms with E-state index in [1.165, 1.54) is 0 Å². The van der Waals surface area contributed by atoms with Crippen LogP contribution in [0.3, 0.4) is 0 Å². The van der Waals surface area contributed by atoms with E-state index in [-0.39, 0.29) is 12.2 Å². The van der Waals surface area contributed by atoms with Crippen molar-refractivity contribution >= 4 is 32.2 Å². The Morgan fingerprint density at radius 1 is 0.962 bits per heavy atom. The molecule has 1 atom stereocenters. The molecule has 1 unspecified atom stereocenters. The van der Waals surface area contributed by atoms with Crippen LogP contribution in [0.5, 0.6) is 0 Å². The second-order valence-electron chi connectivity index (χ2n) is 6.46. The van der Waals surface area contributed by atoms with E-state index in [1.54, 1.807) is 0 Å². The number of nitrogens with zero attached hydrogens (tertiary/aromatic N) is 2. The number of H-pyrrole nitrogens is 2. The standard InChI is InChI=1S/C18H18N4O3S/c1-10-5-3-7-12-16(10)21-15(19-12)9-14(26(23,24)25)18-20-13-8-4-6-11(2)17(13)22-18/h3-8,14H,9H2,1-2H3,(H,19,21)(H,20,22)(H,23,24,25). The number of nitrogens with one attached hydrogen (secondary N) is 2. The third-order valence-corrected chi connectivity index (χ3v) is 5.65. The van der Waals surface area contributed by atoms with E-state index in [4.69, 9.17) is 0 Å². The number of aromatic amines is 2. The normalized spacial score (nSPS) is 13.5. The van der Waals surface area contributed by atoms with E-state index < -0.39 is 15.4 Å². The summed E-state index contributed by atoms with van der Waals surface area (Å²) in [7, 11) is -4.38. The summed E-state index contributed by atoms with van der Waals surface area (Å²) in [4.78, 5) is 15.0. The van der Waals surface area contributed by atoms with Crippen molar-refractivity contribution in [2.45, 2.75) is 25.5 Å². The van der Waals surface area contributed by atoms with E-state index in [0.29, 0.717) is 11.3 Å². The topological polar surface area (TPSA) is 112 Å². The number of benzene rings is 2.